The van der Waals surface area contributed by atoms with Crippen molar-refractivity contribution in [2.24, 2.45) is 5.41 Å². The summed E-state index contributed by atoms with van der Waals surface area (Å²) < 4.78 is 0. The van der Waals surface area contributed by atoms with E-state index in [1.54, 1.807) is 0 Å². The fourth-order valence-corrected chi connectivity index (χ4v) is 4.75. The van der Waals surface area contributed by atoms with Gasteiger partial charge in [0.15, 0.2) is 0 Å². The number of piperidine rings is 1. The fraction of sp³-hybridized carbons (Fsp3) is 0.440. The second kappa shape index (κ2) is 8.50. The van der Waals surface area contributed by atoms with E-state index in [4.69, 9.17) is 0 Å². The quantitative estimate of drug-likeness (QED) is 0.829. The summed E-state index contributed by atoms with van der Waals surface area (Å²) in [5.41, 5.74) is 5.85. The molecular weight excluding hydrogens is 358 g/mol. The number of carbonyl (C=O) groups is 1. The van der Waals surface area contributed by atoms with Crippen molar-refractivity contribution in [3.63, 3.8) is 0 Å². The zero-order valence-corrected chi connectivity index (χ0v) is 17.6. The molecule has 1 amide bonds. The second-order valence-electron chi connectivity index (χ2n) is 8.32. The molecular formula is C25H31N3O. The molecule has 1 N–H and O–H groups in total. The standard InChI is InChI=1S/C25H31N3O/c1-3-15-28(4-2)24(29)23-10-9-20(18-27-23)22-17-25(11-13-26-14-12-25)16-19-7-5-6-8-21(19)22/h5-10,17-18,26H,3-4,11-16H2,1-2H3. The van der Waals surface area contributed by atoms with Crippen LogP contribution in [0.1, 0.15) is 60.3 Å². The van der Waals surface area contributed by atoms with Crippen LogP contribution in [0.25, 0.3) is 5.57 Å². The molecule has 2 heterocycles. The maximum absolute atomic E-state index is 12.7. The summed E-state index contributed by atoms with van der Waals surface area (Å²) in [4.78, 5) is 19.2. The topological polar surface area (TPSA) is 45.2 Å². The summed E-state index contributed by atoms with van der Waals surface area (Å²) in [7, 11) is 0. The molecule has 2 aliphatic rings. The highest BCUT2D eigenvalue weighted by molar-refractivity contribution is 5.93. The second-order valence-corrected chi connectivity index (χ2v) is 8.32. The minimum atomic E-state index is 0.0220. The predicted molar refractivity (Wildman–Crippen MR) is 118 cm³/mol. The Labute approximate surface area is 174 Å². The van der Waals surface area contributed by atoms with Crippen molar-refractivity contribution in [2.45, 2.75) is 39.5 Å². The number of nitrogens with one attached hydrogen (secondary N) is 1. The fourth-order valence-electron chi connectivity index (χ4n) is 4.75. The highest BCUT2D eigenvalue weighted by Gasteiger charge is 2.35. The van der Waals surface area contributed by atoms with Crippen molar-refractivity contribution < 1.29 is 4.79 Å². The molecule has 4 heteroatoms. The largest absolute Gasteiger partial charge is 0.338 e. The lowest BCUT2D eigenvalue weighted by Crippen LogP contribution is -2.38. The number of hydrogen-bond donors (Lipinski definition) is 1. The summed E-state index contributed by atoms with van der Waals surface area (Å²) in [5.74, 6) is 0.0220. The van der Waals surface area contributed by atoms with Crippen LogP contribution in [0.2, 0.25) is 0 Å². The first kappa shape index (κ1) is 19.8. The number of fused-ring (bicyclic) bond motifs is 1. The Morgan fingerprint density at radius 2 is 1.93 bits per heavy atom. The molecule has 2 aromatic rings. The third-order valence-corrected chi connectivity index (χ3v) is 6.36. The summed E-state index contributed by atoms with van der Waals surface area (Å²) in [6, 6.07) is 12.7. The van der Waals surface area contributed by atoms with Crippen molar-refractivity contribution >= 4 is 11.5 Å². The number of amides is 1. The Balaban J connectivity index is 1.68. The average molecular weight is 390 g/mol. The van der Waals surface area contributed by atoms with Gasteiger partial charge in [-0.25, -0.2) is 0 Å². The van der Waals surface area contributed by atoms with Gasteiger partial charge in [0.25, 0.3) is 5.91 Å². The van der Waals surface area contributed by atoms with E-state index in [1.165, 1.54) is 16.7 Å². The van der Waals surface area contributed by atoms with Gasteiger partial charge < -0.3 is 10.2 Å². The molecule has 1 fully saturated rings. The third-order valence-electron chi connectivity index (χ3n) is 6.36. The van der Waals surface area contributed by atoms with Crippen LogP contribution in [0.5, 0.6) is 0 Å². The van der Waals surface area contributed by atoms with Crippen LogP contribution < -0.4 is 5.32 Å². The lowest BCUT2D eigenvalue weighted by Gasteiger charge is -2.39. The smallest absolute Gasteiger partial charge is 0.272 e. The number of nitrogens with zero attached hydrogens (tertiary/aromatic N) is 2. The molecule has 152 valence electrons. The van der Waals surface area contributed by atoms with E-state index in [9.17, 15) is 4.79 Å². The summed E-state index contributed by atoms with van der Waals surface area (Å²) in [6.45, 7) is 7.74. The van der Waals surface area contributed by atoms with Gasteiger partial charge in [0.2, 0.25) is 0 Å². The zero-order valence-electron chi connectivity index (χ0n) is 17.6. The van der Waals surface area contributed by atoms with Crippen molar-refractivity contribution in [3.05, 3.63) is 71.1 Å². The van der Waals surface area contributed by atoms with E-state index in [-0.39, 0.29) is 11.3 Å². The monoisotopic (exact) mass is 389 g/mol. The zero-order chi connectivity index (χ0) is 20.3. The Hall–Kier alpha value is -2.46. The van der Waals surface area contributed by atoms with Crippen molar-refractivity contribution in [1.82, 2.24) is 15.2 Å². The van der Waals surface area contributed by atoms with Crippen LogP contribution in [0.4, 0.5) is 0 Å². The molecule has 1 aromatic carbocycles. The summed E-state index contributed by atoms with van der Waals surface area (Å²) >= 11 is 0. The molecule has 0 bridgehead atoms. The first-order chi connectivity index (χ1) is 14.2. The predicted octanol–water partition coefficient (Wildman–Crippen LogP) is 4.31. The van der Waals surface area contributed by atoms with Crippen LogP contribution in [-0.4, -0.2) is 42.0 Å². The number of hydrogen-bond acceptors (Lipinski definition) is 3. The molecule has 1 spiro atoms. The molecule has 1 aliphatic heterocycles. The molecule has 0 atom stereocenters. The van der Waals surface area contributed by atoms with Crippen LogP contribution in [0.15, 0.2) is 48.7 Å². The Bertz CT molecular complexity index is 895. The number of rotatable bonds is 5. The summed E-state index contributed by atoms with van der Waals surface area (Å²) in [6.07, 6.45) is 8.77. The maximum atomic E-state index is 12.7. The lowest BCUT2D eigenvalue weighted by molar-refractivity contribution is 0.0758. The van der Waals surface area contributed by atoms with Gasteiger partial charge in [-0.1, -0.05) is 43.3 Å². The Kier molecular flexibility index (Phi) is 5.81. The molecule has 1 aliphatic carbocycles. The van der Waals surface area contributed by atoms with Gasteiger partial charge in [-0.3, -0.25) is 9.78 Å². The van der Waals surface area contributed by atoms with Crippen molar-refractivity contribution in [1.29, 1.82) is 0 Å². The minimum Gasteiger partial charge on any atom is -0.338 e. The number of allylic oxidation sites excluding steroid dienone is 1. The molecule has 1 aromatic heterocycles. The minimum absolute atomic E-state index is 0.0220. The Morgan fingerprint density at radius 3 is 2.62 bits per heavy atom. The summed E-state index contributed by atoms with van der Waals surface area (Å²) in [5, 5.41) is 3.50. The van der Waals surface area contributed by atoms with Gasteiger partial charge in [0.05, 0.1) is 0 Å². The van der Waals surface area contributed by atoms with Gasteiger partial charge >= 0.3 is 0 Å². The normalized spacial score (nSPS) is 17.5. The molecule has 1 saturated heterocycles. The van der Waals surface area contributed by atoms with Gasteiger partial charge in [-0.2, -0.15) is 0 Å². The first-order valence-corrected chi connectivity index (χ1v) is 10.9. The van der Waals surface area contributed by atoms with Gasteiger partial charge in [0.1, 0.15) is 5.69 Å². The maximum Gasteiger partial charge on any atom is 0.272 e. The van der Waals surface area contributed by atoms with Crippen LogP contribution >= 0.6 is 0 Å². The highest BCUT2D eigenvalue weighted by Crippen LogP contribution is 2.44. The average Bonchev–Trinajstić information content (AvgIpc) is 2.77. The molecule has 0 saturated carbocycles. The first-order valence-electron chi connectivity index (χ1n) is 10.9. The number of benzene rings is 1. The van der Waals surface area contributed by atoms with Crippen LogP contribution in [-0.2, 0) is 6.42 Å². The van der Waals surface area contributed by atoms with Crippen molar-refractivity contribution in [2.75, 3.05) is 26.2 Å². The SMILES string of the molecule is CCCN(CC)C(=O)c1ccc(C2=CC3(CCNCC3)Cc3ccccc32)cn1. The van der Waals surface area contributed by atoms with Crippen LogP contribution in [0.3, 0.4) is 0 Å². The van der Waals surface area contributed by atoms with Gasteiger partial charge in [0, 0.05) is 24.8 Å². The number of aromatic nitrogens is 1. The van der Waals surface area contributed by atoms with E-state index in [0.29, 0.717) is 12.2 Å². The lowest BCUT2D eigenvalue weighted by atomic mass is 9.67. The van der Waals surface area contributed by atoms with E-state index in [2.05, 4.69) is 53.6 Å². The molecule has 4 nitrogen and oxygen atoms in total. The van der Waals surface area contributed by atoms with Gasteiger partial charge in [-0.15, -0.1) is 0 Å². The number of pyridine rings is 1. The molecule has 29 heavy (non-hydrogen) atoms. The molecule has 4 rings (SSSR count). The van der Waals surface area contributed by atoms with E-state index in [1.807, 2.05) is 24.1 Å². The van der Waals surface area contributed by atoms with E-state index < -0.39 is 0 Å². The third kappa shape index (κ3) is 3.99. The Morgan fingerprint density at radius 1 is 1.14 bits per heavy atom. The molecule has 0 radical (unpaired) electrons. The van der Waals surface area contributed by atoms with Crippen molar-refractivity contribution in [3.8, 4) is 0 Å². The van der Waals surface area contributed by atoms with E-state index >= 15 is 0 Å². The van der Waals surface area contributed by atoms with E-state index in [0.717, 1.165) is 50.9 Å². The van der Waals surface area contributed by atoms with Gasteiger partial charge in [-0.05, 0) is 73.9 Å². The number of carbonyl (C=O) groups excluding carboxylic acids is 1. The van der Waals surface area contributed by atoms with Crippen LogP contribution in [0, 0.1) is 5.41 Å². The molecule has 0 unspecified atom stereocenters. The highest BCUT2D eigenvalue weighted by atomic mass is 16.2.